The Morgan fingerprint density at radius 3 is 2.50 bits per heavy atom. The van der Waals surface area contributed by atoms with E-state index in [1.54, 1.807) is 0 Å². The van der Waals surface area contributed by atoms with Gasteiger partial charge in [-0.05, 0) is 25.7 Å². The van der Waals surface area contributed by atoms with Crippen LogP contribution in [0.3, 0.4) is 0 Å². The molecular formula is C10H20N2O2. The molecule has 4 nitrogen and oxygen atoms in total. The third-order valence-corrected chi connectivity index (χ3v) is 2.63. The molecule has 1 fully saturated rings. The van der Waals surface area contributed by atoms with Gasteiger partial charge in [0, 0.05) is 26.1 Å². The Hall–Kier alpha value is -0.610. The van der Waals surface area contributed by atoms with Crippen LogP contribution in [-0.2, 0) is 4.79 Å². The highest BCUT2D eigenvalue weighted by atomic mass is 16.3. The summed E-state index contributed by atoms with van der Waals surface area (Å²) >= 11 is 0. The lowest BCUT2D eigenvalue weighted by atomic mass is 9.93. The highest BCUT2D eigenvalue weighted by Crippen LogP contribution is 2.17. The number of aliphatic hydroxyl groups is 1. The minimum Gasteiger partial charge on any atom is -0.393 e. The summed E-state index contributed by atoms with van der Waals surface area (Å²) in [6, 6.07) is 0.521. The second-order valence-electron chi connectivity index (χ2n) is 3.94. The molecule has 1 aliphatic carbocycles. The third kappa shape index (κ3) is 4.58. The second-order valence-corrected chi connectivity index (χ2v) is 3.94. The molecule has 0 unspecified atom stereocenters. The van der Waals surface area contributed by atoms with Crippen molar-refractivity contribution in [2.24, 2.45) is 0 Å². The van der Waals surface area contributed by atoms with Gasteiger partial charge in [0.05, 0.1) is 6.10 Å². The van der Waals surface area contributed by atoms with Gasteiger partial charge in [-0.1, -0.05) is 0 Å². The summed E-state index contributed by atoms with van der Waals surface area (Å²) in [6.07, 6.45) is 3.79. The largest absolute Gasteiger partial charge is 0.393 e. The number of amides is 1. The van der Waals surface area contributed by atoms with Crippen LogP contribution in [0, 0.1) is 0 Å². The van der Waals surface area contributed by atoms with Gasteiger partial charge in [-0.2, -0.15) is 0 Å². The van der Waals surface area contributed by atoms with Crippen molar-refractivity contribution in [3.63, 3.8) is 0 Å². The fraction of sp³-hybridized carbons (Fsp3) is 0.900. The molecule has 1 rings (SSSR count). The van der Waals surface area contributed by atoms with Crippen LogP contribution in [0.2, 0.25) is 0 Å². The van der Waals surface area contributed by atoms with Crippen LogP contribution in [0.1, 0.15) is 32.6 Å². The average molecular weight is 200 g/mol. The summed E-state index contributed by atoms with van der Waals surface area (Å²) in [6.45, 7) is 3.03. The van der Waals surface area contributed by atoms with E-state index < -0.39 is 0 Å². The summed E-state index contributed by atoms with van der Waals surface area (Å²) in [5.74, 6) is 0.0193. The Balaban J connectivity index is 1.99. The van der Waals surface area contributed by atoms with E-state index in [1.807, 2.05) is 0 Å². The Bertz CT molecular complexity index is 177. The number of nitrogens with one attached hydrogen (secondary N) is 2. The molecule has 3 N–H and O–H groups in total. The first-order valence-corrected chi connectivity index (χ1v) is 5.34. The molecule has 0 saturated heterocycles. The van der Waals surface area contributed by atoms with Gasteiger partial charge in [0.1, 0.15) is 0 Å². The fourth-order valence-electron chi connectivity index (χ4n) is 1.79. The van der Waals surface area contributed by atoms with Crippen LogP contribution < -0.4 is 10.6 Å². The molecule has 4 heteroatoms. The van der Waals surface area contributed by atoms with E-state index in [2.05, 4.69) is 10.6 Å². The van der Waals surface area contributed by atoms with E-state index in [9.17, 15) is 9.90 Å². The number of hydrogen-bond donors (Lipinski definition) is 3. The van der Waals surface area contributed by atoms with Gasteiger partial charge in [-0.15, -0.1) is 0 Å². The molecule has 1 saturated carbocycles. The Morgan fingerprint density at radius 1 is 1.29 bits per heavy atom. The maximum atomic E-state index is 10.6. The highest BCUT2D eigenvalue weighted by Gasteiger charge is 2.18. The lowest BCUT2D eigenvalue weighted by molar-refractivity contribution is -0.118. The minimum atomic E-state index is -0.0941. The molecule has 0 aromatic carbocycles. The van der Waals surface area contributed by atoms with Gasteiger partial charge in [-0.3, -0.25) is 4.79 Å². The quantitative estimate of drug-likeness (QED) is 0.560. The molecule has 0 heterocycles. The van der Waals surface area contributed by atoms with Crippen LogP contribution >= 0.6 is 0 Å². The predicted octanol–water partition coefficient (Wildman–Crippen LogP) is 0.0156. The monoisotopic (exact) mass is 200 g/mol. The molecule has 14 heavy (non-hydrogen) atoms. The Labute approximate surface area is 85.1 Å². The van der Waals surface area contributed by atoms with Crippen molar-refractivity contribution in [2.45, 2.75) is 44.8 Å². The first-order chi connectivity index (χ1) is 6.68. The van der Waals surface area contributed by atoms with Crippen LogP contribution in [0.15, 0.2) is 0 Å². The summed E-state index contributed by atoms with van der Waals surface area (Å²) in [5.41, 5.74) is 0. The van der Waals surface area contributed by atoms with E-state index in [0.717, 1.165) is 32.2 Å². The number of carbonyl (C=O) groups is 1. The molecule has 0 bridgehead atoms. The third-order valence-electron chi connectivity index (χ3n) is 2.63. The summed E-state index contributed by atoms with van der Waals surface area (Å²) in [4.78, 5) is 10.6. The zero-order chi connectivity index (χ0) is 10.4. The standard InChI is InChI=1S/C10H20N2O2/c1-8(13)11-6-7-12-9-2-4-10(14)5-3-9/h9-10,12,14H,2-7H2,1H3,(H,11,13). The lowest BCUT2D eigenvalue weighted by Crippen LogP contribution is -2.39. The smallest absolute Gasteiger partial charge is 0.216 e. The molecule has 1 amide bonds. The molecule has 0 aliphatic heterocycles. The van der Waals surface area contributed by atoms with Gasteiger partial charge in [0.15, 0.2) is 0 Å². The number of rotatable bonds is 4. The molecule has 0 aromatic rings. The normalized spacial score (nSPS) is 27.3. The summed E-state index contributed by atoms with van der Waals surface area (Å²) in [7, 11) is 0. The van der Waals surface area contributed by atoms with Gasteiger partial charge in [0.25, 0.3) is 0 Å². The van der Waals surface area contributed by atoms with Crippen molar-refractivity contribution in [2.75, 3.05) is 13.1 Å². The van der Waals surface area contributed by atoms with E-state index >= 15 is 0 Å². The summed E-state index contributed by atoms with van der Waals surface area (Å²) in [5, 5.41) is 15.4. The van der Waals surface area contributed by atoms with E-state index in [-0.39, 0.29) is 12.0 Å². The average Bonchev–Trinajstić information content (AvgIpc) is 2.15. The van der Waals surface area contributed by atoms with Gasteiger partial charge in [0.2, 0.25) is 5.91 Å². The van der Waals surface area contributed by atoms with Crippen molar-refractivity contribution < 1.29 is 9.90 Å². The highest BCUT2D eigenvalue weighted by molar-refractivity contribution is 5.72. The SMILES string of the molecule is CC(=O)NCCNC1CCC(O)CC1. The number of hydrogen-bond acceptors (Lipinski definition) is 3. The Morgan fingerprint density at radius 2 is 1.93 bits per heavy atom. The number of carbonyl (C=O) groups excluding carboxylic acids is 1. The van der Waals surface area contributed by atoms with Gasteiger partial charge in [-0.25, -0.2) is 0 Å². The zero-order valence-corrected chi connectivity index (χ0v) is 8.75. The lowest BCUT2D eigenvalue weighted by Gasteiger charge is -2.26. The van der Waals surface area contributed by atoms with Crippen molar-refractivity contribution in [1.29, 1.82) is 0 Å². The molecular weight excluding hydrogens is 180 g/mol. The van der Waals surface area contributed by atoms with Crippen LogP contribution in [0.25, 0.3) is 0 Å². The van der Waals surface area contributed by atoms with E-state index in [0.29, 0.717) is 12.6 Å². The van der Waals surface area contributed by atoms with Crippen molar-refractivity contribution in [3.05, 3.63) is 0 Å². The first kappa shape index (κ1) is 11.5. The second kappa shape index (κ2) is 5.98. The maximum Gasteiger partial charge on any atom is 0.216 e. The molecule has 82 valence electrons. The first-order valence-electron chi connectivity index (χ1n) is 5.34. The van der Waals surface area contributed by atoms with Crippen molar-refractivity contribution in [1.82, 2.24) is 10.6 Å². The molecule has 1 aliphatic rings. The zero-order valence-electron chi connectivity index (χ0n) is 8.75. The van der Waals surface area contributed by atoms with E-state index in [1.165, 1.54) is 6.92 Å². The summed E-state index contributed by atoms with van der Waals surface area (Å²) < 4.78 is 0. The van der Waals surface area contributed by atoms with Crippen LogP contribution in [0.5, 0.6) is 0 Å². The Kier molecular flexibility index (Phi) is 4.90. The predicted molar refractivity (Wildman–Crippen MR) is 54.9 cm³/mol. The molecule has 0 radical (unpaired) electrons. The maximum absolute atomic E-state index is 10.6. The molecule has 0 aromatic heterocycles. The van der Waals surface area contributed by atoms with E-state index in [4.69, 9.17) is 0 Å². The molecule has 0 atom stereocenters. The minimum absolute atomic E-state index is 0.0193. The molecule has 0 spiro atoms. The topological polar surface area (TPSA) is 61.4 Å². The fourth-order valence-corrected chi connectivity index (χ4v) is 1.79. The number of aliphatic hydroxyl groups excluding tert-OH is 1. The van der Waals surface area contributed by atoms with Gasteiger partial charge >= 0.3 is 0 Å². The van der Waals surface area contributed by atoms with Crippen LogP contribution in [0.4, 0.5) is 0 Å². The van der Waals surface area contributed by atoms with Crippen molar-refractivity contribution in [3.8, 4) is 0 Å². The van der Waals surface area contributed by atoms with Gasteiger partial charge < -0.3 is 15.7 Å². The van der Waals surface area contributed by atoms with Crippen molar-refractivity contribution >= 4 is 5.91 Å². The van der Waals surface area contributed by atoms with Crippen LogP contribution in [-0.4, -0.2) is 36.2 Å².